The molecule has 61 valence electrons. The number of carbonyl (C=O) groups is 1. The molecule has 0 saturated carbocycles. The van der Waals surface area contributed by atoms with Crippen molar-refractivity contribution in [2.45, 2.75) is 0 Å². The highest BCUT2D eigenvalue weighted by atomic mass is 16.5. The molecule has 0 aliphatic rings. The van der Waals surface area contributed by atoms with Crippen LogP contribution in [-0.2, 0) is 0 Å². The van der Waals surface area contributed by atoms with Crippen molar-refractivity contribution in [1.29, 1.82) is 0 Å². The van der Waals surface area contributed by atoms with E-state index in [2.05, 4.69) is 0 Å². The van der Waals surface area contributed by atoms with E-state index in [0.717, 1.165) is 7.48 Å². The van der Waals surface area contributed by atoms with Crippen LogP contribution in [0.25, 0.3) is 0 Å². The third-order valence-electron chi connectivity index (χ3n) is 1.53. The molecule has 0 saturated heterocycles. The zero-order valence-corrected chi connectivity index (χ0v) is 6.65. The highest BCUT2D eigenvalue weighted by Gasteiger charge is 2.02. The Labute approximate surface area is 71.3 Å². The summed E-state index contributed by atoms with van der Waals surface area (Å²) in [6, 6.07) is 4.84. The quantitative estimate of drug-likeness (QED) is 0.493. The Bertz CT molecular complexity index is 286. The second kappa shape index (κ2) is 3.92. The lowest BCUT2D eigenvalue weighted by Crippen LogP contribution is -2.13. The van der Waals surface area contributed by atoms with Crippen LogP contribution >= 0.6 is 0 Å². The lowest BCUT2D eigenvalue weighted by atomic mass is 9.87. The zero-order chi connectivity index (χ0) is 8.97. The minimum Gasteiger partial charge on any atom is -0.496 e. The largest absolute Gasteiger partial charge is 0.496 e. The van der Waals surface area contributed by atoms with Gasteiger partial charge in [-0.05, 0) is 6.07 Å². The first-order valence-corrected chi connectivity index (χ1v) is 3.42. The first-order chi connectivity index (χ1) is 5.81. The predicted octanol–water partition coefficient (Wildman–Crippen LogP) is -0.256. The van der Waals surface area contributed by atoms with E-state index < -0.39 is 0 Å². The first-order valence-electron chi connectivity index (χ1n) is 3.42. The molecule has 0 spiro atoms. The fourth-order valence-corrected chi connectivity index (χ4v) is 0.925. The molecular formula is C8H8BO3. The first kappa shape index (κ1) is 8.81. The molecule has 0 atom stereocenters. The molecular weight excluding hydrogens is 155 g/mol. The Morgan fingerprint density at radius 1 is 1.58 bits per heavy atom. The van der Waals surface area contributed by atoms with Crippen molar-refractivity contribution < 1.29 is 14.6 Å². The molecule has 1 aromatic rings. The molecule has 0 aliphatic carbocycles. The van der Waals surface area contributed by atoms with E-state index >= 15 is 0 Å². The number of rotatable bonds is 3. The third-order valence-corrected chi connectivity index (χ3v) is 1.53. The Kier molecular flexibility index (Phi) is 2.88. The van der Waals surface area contributed by atoms with E-state index in [-0.39, 0.29) is 0 Å². The van der Waals surface area contributed by atoms with Crippen molar-refractivity contribution >= 4 is 19.2 Å². The smallest absolute Gasteiger partial charge is 0.326 e. The second-order valence-corrected chi connectivity index (χ2v) is 2.25. The Balaban J connectivity index is 3.10. The fraction of sp³-hybridized carbons (Fsp3) is 0.125. The highest BCUT2D eigenvalue weighted by Crippen LogP contribution is 2.12. The summed E-state index contributed by atoms with van der Waals surface area (Å²) in [6.45, 7) is 0. The monoisotopic (exact) mass is 163 g/mol. The number of methoxy groups -OCH3 is 1. The Morgan fingerprint density at radius 3 is 2.83 bits per heavy atom. The maximum atomic E-state index is 10.5. The summed E-state index contributed by atoms with van der Waals surface area (Å²) in [5.74, 6) is 0.510. The van der Waals surface area contributed by atoms with Crippen LogP contribution in [0.15, 0.2) is 18.2 Å². The van der Waals surface area contributed by atoms with Crippen LogP contribution in [0.4, 0.5) is 0 Å². The number of aldehydes is 1. The lowest BCUT2D eigenvalue weighted by molar-refractivity contribution is 0.112. The standard InChI is InChI=1S/C8H8BO3/c1-12-8-3-2-7(9-11)4-6(8)5-10/h2-5,11H,1H3. The van der Waals surface area contributed by atoms with Crippen LogP contribution in [0, 0.1) is 0 Å². The van der Waals surface area contributed by atoms with Crippen LogP contribution in [0.3, 0.4) is 0 Å². The van der Waals surface area contributed by atoms with Gasteiger partial charge in [-0.15, -0.1) is 0 Å². The molecule has 0 aliphatic heterocycles. The van der Waals surface area contributed by atoms with Gasteiger partial charge in [0.05, 0.1) is 12.7 Å². The summed E-state index contributed by atoms with van der Waals surface area (Å²) in [5, 5.41) is 8.64. The van der Waals surface area contributed by atoms with Gasteiger partial charge in [-0.3, -0.25) is 4.79 Å². The van der Waals surface area contributed by atoms with Gasteiger partial charge in [0.1, 0.15) is 5.75 Å². The molecule has 3 nitrogen and oxygen atoms in total. The summed E-state index contributed by atoms with van der Waals surface area (Å²) < 4.78 is 4.91. The molecule has 4 heteroatoms. The van der Waals surface area contributed by atoms with Gasteiger partial charge in [0.15, 0.2) is 6.29 Å². The Hall–Kier alpha value is -1.29. The van der Waals surface area contributed by atoms with Crippen molar-refractivity contribution in [3.05, 3.63) is 23.8 Å². The topological polar surface area (TPSA) is 46.5 Å². The second-order valence-electron chi connectivity index (χ2n) is 2.25. The minimum atomic E-state index is 0.431. The molecule has 0 unspecified atom stereocenters. The van der Waals surface area contributed by atoms with Crippen molar-refractivity contribution in [2.75, 3.05) is 7.11 Å². The average Bonchev–Trinajstić information content (AvgIpc) is 2.16. The van der Waals surface area contributed by atoms with Gasteiger partial charge in [0.2, 0.25) is 0 Å². The van der Waals surface area contributed by atoms with Crippen LogP contribution in [0.1, 0.15) is 10.4 Å². The van der Waals surface area contributed by atoms with E-state index in [4.69, 9.17) is 9.76 Å². The zero-order valence-electron chi connectivity index (χ0n) is 6.65. The molecule has 1 aromatic carbocycles. The molecule has 0 heterocycles. The van der Waals surface area contributed by atoms with Crippen LogP contribution in [0.2, 0.25) is 0 Å². The van der Waals surface area contributed by atoms with Crippen molar-refractivity contribution in [2.24, 2.45) is 0 Å². The highest BCUT2D eigenvalue weighted by molar-refractivity contribution is 6.45. The lowest BCUT2D eigenvalue weighted by Gasteiger charge is -2.03. The van der Waals surface area contributed by atoms with E-state index in [1.807, 2.05) is 0 Å². The number of hydrogen-bond donors (Lipinski definition) is 1. The summed E-state index contributed by atoms with van der Waals surface area (Å²) in [5.41, 5.74) is 1.01. The number of ether oxygens (including phenoxy) is 1. The van der Waals surface area contributed by atoms with Gasteiger partial charge in [-0.25, -0.2) is 0 Å². The third kappa shape index (κ3) is 1.65. The molecule has 0 bridgehead atoms. The SMILES string of the molecule is COc1ccc([B]O)cc1C=O. The molecule has 12 heavy (non-hydrogen) atoms. The fourth-order valence-electron chi connectivity index (χ4n) is 0.925. The number of hydrogen-bond acceptors (Lipinski definition) is 3. The van der Waals surface area contributed by atoms with E-state index in [9.17, 15) is 4.79 Å². The van der Waals surface area contributed by atoms with E-state index in [1.54, 1.807) is 18.2 Å². The molecule has 0 aromatic heterocycles. The molecule has 1 rings (SSSR count). The molecule has 0 fully saturated rings. The van der Waals surface area contributed by atoms with Crippen LogP contribution in [0.5, 0.6) is 5.75 Å². The summed E-state index contributed by atoms with van der Waals surface area (Å²) in [6.07, 6.45) is 0.686. The van der Waals surface area contributed by atoms with Crippen molar-refractivity contribution in [3.63, 3.8) is 0 Å². The molecule has 1 N–H and O–H groups in total. The average molecular weight is 163 g/mol. The minimum absolute atomic E-state index is 0.431. The van der Waals surface area contributed by atoms with Gasteiger partial charge in [0, 0.05) is 0 Å². The molecule has 1 radical (unpaired) electrons. The van der Waals surface area contributed by atoms with Gasteiger partial charge in [-0.1, -0.05) is 17.6 Å². The van der Waals surface area contributed by atoms with Crippen molar-refractivity contribution in [1.82, 2.24) is 0 Å². The normalized spacial score (nSPS) is 9.17. The summed E-state index contributed by atoms with van der Waals surface area (Å²) >= 11 is 0. The van der Waals surface area contributed by atoms with Crippen molar-refractivity contribution in [3.8, 4) is 5.75 Å². The van der Waals surface area contributed by atoms with E-state index in [1.165, 1.54) is 7.11 Å². The van der Waals surface area contributed by atoms with Crippen LogP contribution in [-0.4, -0.2) is 25.9 Å². The maximum Gasteiger partial charge on any atom is 0.326 e. The van der Waals surface area contributed by atoms with Gasteiger partial charge < -0.3 is 9.76 Å². The summed E-state index contributed by atoms with van der Waals surface area (Å²) in [4.78, 5) is 10.5. The number of benzene rings is 1. The maximum absolute atomic E-state index is 10.5. The van der Waals surface area contributed by atoms with Gasteiger partial charge >= 0.3 is 7.48 Å². The summed E-state index contributed by atoms with van der Waals surface area (Å²) in [7, 11) is 2.43. The molecule has 0 amide bonds. The predicted molar refractivity (Wildman–Crippen MR) is 46.0 cm³/mol. The van der Waals surface area contributed by atoms with Crippen LogP contribution < -0.4 is 10.2 Å². The van der Waals surface area contributed by atoms with E-state index in [0.29, 0.717) is 23.1 Å². The van der Waals surface area contributed by atoms with Gasteiger partial charge in [0.25, 0.3) is 0 Å². The Morgan fingerprint density at radius 2 is 2.33 bits per heavy atom. The number of carbonyl (C=O) groups excluding carboxylic acids is 1. The van der Waals surface area contributed by atoms with Gasteiger partial charge in [-0.2, -0.15) is 0 Å².